The molecule has 2 bridgehead atoms. The molecule has 0 amide bonds. The van der Waals surface area contributed by atoms with Crippen LogP contribution in [-0.2, 0) is 0 Å². The Bertz CT molecular complexity index is 642. The molecule has 6 heteroatoms. The number of aromatic nitrogens is 3. The van der Waals surface area contributed by atoms with Crippen molar-refractivity contribution in [2.24, 2.45) is 17.6 Å². The first kappa shape index (κ1) is 12.5. The third-order valence-corrected chi connectivity index (χ3v) is 5.32. The standard InChI is InChI=1S/C14H15BrN4O/c15-9-2-1-5-17-12(9)13-18-14(20-19-13)10-7-3-4-8(6-7)11(10)16/h1-2,5,7-8,10-11H,3-4,6,16H2. The fourth-order valence-electron chi connectivity index (χ4n) is 3.72. The van der Waals surface area contributed by atoms with Crippen molar-refractivity contribution in [3.8, 4) is 11.5 Å². The Morgan fingerprint density at radius 2 is 2.15 bits per heavy atom. The van der Waals surface area contributed by atoms with Crippen LogP contribution < -0.4 is 5.73 Å². The second-order valence-corrected chi connectivity index (χ2v) is 6.58. The van der Waals surface area contributed by atoms with Gasteiger partial charge in [-0.15, -0.1) is 0 Å². The molecule has 20 heavy (non-hydrogen) atoms. The van der Waals surface area contributed by atoms with E-state index in [1.54, 1.807) is 6.20 Å². The molecule has 0 aromatic carbocycles. The van der Waals surface area contributed by atoms with Gasteiger partial charge in [-0.05, 0) is 59.2 Å². The molecule has 2 heterocycles. The summed E-state index contributed by atoms with van der Waals surface area (Å²) in [7, 11) is 0. The molecule has 0 spiro atoms. The van der Waals surface area contributed by atoms with Crippen molar-refractivity contribution in [2.75, 3.05) is 0 Å². The summed E-state index contributed by atoms with van der Waals surface area (Å²) in [4.78, 5) is 8.83. The van der Waals surface area contributed by atoms with E-state index in [-0.39, 0.29) is 12.0 Å². The SMILES string of the molecule is NC1C2CCC(C2)C1c1nc(-c2ncccc2Br)no1. The zero-order chi connectivity index (χ0) is 13.7. The molecule has 4 atom stereocenters. The van der Waals surface area contributed by atoms with E-state index in [2.05, 4.69) is 31.1 Å². The molecule has 2 N–H and O–H groups in total. The van der Waals surface area contributed by atoms with Crippen molar-refractivity contribution in [3.05, 3.63) is 28.7 Å². The third-order valence-electron chi connectivity index (χ3n) is 4.68. The molecule has 0 saturated heterocycles. The molecule has 2 saturated carbocycles. The smallest absolute Gasteiger partial charge is 0.231 e. The van der Waals surface area contributed by atoms with Crippen molar-refractivity contribution in [3.63, 3.8) is 0 Å². The van der Waals surface area contributed by atoms with Gasteiger partial charge in [0.05, 0.1) is 5.92 Å². The number of pyridine rings is 1. The first-order valence-electron chi connectivity index (χ1n) is 6.94. The molecule has 104 valence electrons. The Kier molecular flexibility index (Phi) is 2.89. The van der Waals surface area contributed by atoms with Crippen LogP contribution in [-0.4, -0.2) is 21.2 Å². The summed E-state index contributed by atoms with van der Waals surface area (Å²) in [6.45, 7) is 0. The van der Waals surface area contributed by atoms with Gasteiger partial charge in [0.1, 0.15) is 5.69 Å². The lowest BCUT2D eigenvalue weighted by molar-refractivity contribution is 0.279. The maximum Gasteiger partial charge on any atom is 0.231 e. The number of rotatable bonds is 2. The normalized spacial score (nSPS) is 31.9. The predicted octanol–water partition coefficient (Wildman–Crippen LogP) is 2.73. The predicted molar refractivity (Wildman–Crippen MR) is 76.8 cm³/mol. The van der Waals surface area contributed by atoms with Gasteiger partial charge in [-0.2, -0.15) is 4.98 Å². The molecular formula is C14H15BrN4O. The van der Waals surface area contributed by atoms with Crippen LogP contribution in [0.2, 0.25) is 0 Å². The quantitative estimate of drug-likeness (QED) is 0.913. The van der Waals surface area contributed by atoms with E-state index in [1.165, 1.54) is 19.3 Å². The molecular weight excluding hydrogens is 320 g/mol. The molecule has 0 aliphatic heterocycles. The highest BCUT2D eigenvalue weighted by molar-refractivity contribution is 9.10. The molecule has 2 aromatic heterocycles. The average Bonchev–Trinajstić information content (AvgIpc) is 3.14. The van der Waals surface area contributed by atoms with Gasteiger partial charge in [0.2, 0.25) is 11.7 Å². The maximum absolute atomic E-state index is 6.32. The fraction of sp³-hybridized carbons (Fsp3) is 0.500. The number of fused-ring (bicyclic) bond motifs is 2. The number of hydrogen-bond donors (Lipinski definition) is 1. The summed E-state index contributed by atoms with van der Waals surface area (Å²) in [5.41, 5.74) is 7.03. The Morgan fingerprint density at radius 3 is 2.90 bits per heavy atom. The van der Waals surface area contributed by atoms with Crippen molar-refractivity contribution in [2.45, 2.75) is 31.2 Å². The van der Waals surface area contributed by atoms with Gasteiger partial charge in [0, 0.05) is 16.7 Å². The summed E-state index contributed by atoms with van der Waals surface area (Å²) in [6.07, 6.45) is 5.40. The summed E-state index contributed by atoms with van der Waals surface area (Å²) in [6, 6.07) is 3.94. The van der Waals surface area contributed by atoms with Crippen LogP contribution in [0, 0.1) is 11.8 Å². The monoisotopic (exact) mass is 334 g/mol. The summed E-state index contributed by atoms with van der Waals surface area (Å²) in [5, 5.41) is 4.08. The highest BCUT2D eigenvalue weighted by atomic mass is 79.9. The van der Waals surface area contributed by atoms with Crippen molar-refractivity contribution >= 4 is 15.9 Å². The number of nitrogens with two attached hydrogens (primary N) is 1. The Balaban J connectivity index is 1.68. The molecule has 2 aromatic rings. The van der Waals surface area contributed by atoms with E-state index in [1.807, 2.05) is 12.1 Å². The lowest BCUT2D eigenvalue weighted by Gasteiger charge is -2.24. The highest BCUT2D eigenvalue weighted by Gasteiger charge is 2.48. The molecule has 2 aliphatic rings. The Labute approximate surface area is 125 Å². The topological polar surface area (TPSA) is 77.8 Å². The van der Waals surface area contributed by atoms with Crippen molar-refractivity contribution in [1.82, 2.24) is 15.1 Å². The van der Waals surface area contributed by atoms with Crippen LogP contribution >= 0.6 is 15.9 Å². The summed E-state index contributed by atoms with van der Waals surface area (Å²) >= 11 is 3.46. The van der Waals surface area contributed by atoms with Crippen LogP contribution in [0.5, 0.6) is 0 Å². The van der Waals surface area contributed by atoms with E-state index in [0.29, 0.717) is 29.2 Å². The van der Waals surface area contributed by atoms with Crippen LogP contribution in [0.15, 0.2) is 27.3 Å². The Morgan fingerprint density at radius 1 is 1.30 bits per heavy atom. The number of nitrogens with zero attached hydrogens (tertiary/aromatic N) is 3. The van der Waals surface area contributed by atoms with Gasteiger partial charge in [-0.3, -0.25) is 4.98 Å². The van der Waals surface area contributed by atoms with Crippen LogP contribution in [0.25, 0.3) is 11.5 Å². The largest absolute Gasteiger partial charge is 0.339 e. The number of hydrogen-bond acceptors (Lipinski definition) is 5. The fourth-order valence-corrected chi connectivity index (χ4v) is 4.15. The summed E-state index contributed by atoms with van der Waals surface area (Å²) < 4.78 is 6.34. The zero-order valence-electron chi connectivity index (χ0n) is 10.9. The van der Waals surface area contributed by atoms with Gasteiger partial charge in [0.25, 0.3) is 0 Å². The Hall–Kier alpha value is -1.27. The van der Waals surface area contributed by atoms with Crippen molar-refractivity contribution in [1.29, 1.82) is 0 Å². The minimum absolute atomic E-state index is 0.161. The van der Waals surface area contributed by atoms with Gasteiger partial charge in [-0.25, -0.2) is 0 Å². The second-order valence-electron chi connectivity index (χ2n) is 5.73. The molecule has 4 rings (SSSR count). The first-order chi connectivity index (χ1) is 9.74. The molecule has 4 unspecified atom stereocenters. The molecule has 0 radical (unpaired) electrons. The number of halogens is 1. The molecule has 5 nitrogen and oxygen atoms in total. The second kappa shape index (κ2) is 4.63. The lowest BCUT2D eigenvalue weighted by Crippen LogP contribution is -2.34. The minimum atomic E-state index is 0.161. The van der Waals surface area contributed by atoms with E-state index in [4.69, 9.17) is 10.3 Å². The highest BCUT2D eigenvalue weighted by Crippen LogP contribution is 2.51. The lowest BCUT2D eigenvalue weighted by atomic mass is 9.85. The van der Waals surface area contributed by atoms with Gasteiger partial charge >= 0.3 is 0 Å². The van der Waals surface area contributed by atoms with Crippen LogP contribution in [0.1, 0.15) is 31.1 Å². The van der Waals surface area contributed by atoms with Gasteiger partial charge < -0.3 is 10.3 Å². The van der Waals surface area contributed by atoms with Crippen LogP contribution in [0.3, 0.4) is 0 Å². The molecule has 2 fully saturated rings. The van der Waals surface area contributed by atoms with Gasteiger partial charge in [-0.1, -0.05) is 5.16 Å². The first-order valence-corrected chi connectivity index (χ1v) is 7.73. The summed E-state index contributed by atoms with van der Waals surface area (Å²) in [5.74, 6) is 2.66. The minimum Gasteiger partial charge on any atom is -0.339 e. The van der Waals surface area contributed by atoms with E-state index in [9.17, 15) is 0 Å². The van der Waals surface area contributed by atoms with Crippen LogP contribution in [0.4, 0.5) is 0 Å². The van der Waals surface area contributed by atoms with Gasteiger partial charge in [0.15, 0.2) is 0 Å². The third kappa shape index (κ3) is 1.82. The van der Waals surface area contributed by atoms with E-state index >= 15 is 0 Å². The maximum atomic E-state index is 6.32. The average molecular weight is 335 g/mol. The van der Waals surface area contributed by atoms with E-state index in [0.717, 1.165) is 4.47 Å². The zero-order valence-corrected chi connectivity index (χ0v) is 12.5. The van der Waals surface area contributed by atoms with Crippen molar-refractivity contribution < 1.29 is 4.52 Å². The molecule has 2 aliphatic carbocycles. The van der Waals surface area contributed by atoms with E-state index < -0.39 is 0 Å².